The summed E-state index contributed by atoms with van der Waals surface area (Å²) < 4.78 is 31.3. The van der Waals surface area contributed by atoms with Crippen molar-refractivity contribution in [3.05, 3.63) is 90.5 Å². The molecule has 0 unspecified atom stereocenters. The van der Waals surface area contributed by atoms with Gasteiger partial charge in [0.15, 0.2) is 5.75 Å². The first kappa shape index (κ1) is 20.7. The van der Waals surface area contributed by atoms with Crippen LogP contribution in [-0.4, -0.2) is 26.6 Å². The number of para-hydroxylation sites is 3. The van der Waals surface area contributed by atoms with Gasteiger partial charge in [-0.3, -0.25) is 9.10 Å². The molecule has 1 N–H and O–H groups in total. The van der Waals surface area contributed by atoms with Crippen LogP contribution in [0.1, 0.15) is 12.0 Å². The van der Waals surface area contributed by atoms with Crippen LogP contribution in [0.5, 0.6) is 11.5 Å². The third-order valence-corrected chi connectivity index (χ3v) is 6.69. The molecule has 0 radical (unpaired) electrons. The Morgan fingerprint density at radius 3 is 2.35 bits per heavy atom. The van der Waals surface area contributed by atoms with Gasteiger partial charge in [0, 0.05) is 12.6 Å². The molecular formula is C24H22N2O4S. The Balaban J connectivity index is 1.41. The van der Waals surface area contributed by atoms with Gasteiger partial charge < -0.3 is 10.1 Å². The molecule has 0 aliphatic carbocycles. The SMILES string of the molecule is O=C(/C=C/c1ccc(N2CCCS2(=O)=O)cc1)Nc1ccccc1Oc1ccccc1. The van der Waals surface area contributed by atoms with Crippen molar-refractivity contribution in [1.29, 1.82) is 0 Å². The predicted molar refractivity (Wildman–Crippen MR) is 123 cm³/mol. The van der Waals surface area contributed by atoms with Crippen LogP contribution in [0.4, 0.5) is 11.4 Å². The van der Waals surface area contributed by atoms with Crippen LogP contribution in [0, 0.1) is 0 Å². The van der Waals surface area contributed by atoms with Crippen LogP contribution in [-0.2, 0) is 14.8 Å². The largest absolute Gasteiger partial charge is 0.455 e. The average Bonchev–Trinajstić information content (AvgIpc) is 3.14. The number of nitrogens with one attached hydrogen (secondary N) is 1. The molecule has 158 valence electrons. The second-order valence-corrected chi connectivity index (χ2v) is 9.08. The summed E-state index contributed by atoms with van der Waals surface area (Å²) in [4.78, 5) is 12.4. The van der Waals surface area contributed by atoms with Crippen molar-refractivity contribution in [2.24, 2.45) is 0 Å². The van der Waals surface area contributed by atoms with Crippen LogP contribution in [0.2, 0.25) is 0 Å². The van der Waals surface area contributed by atoms with Crippen molar-refractivity contribution in [3.63, 3.8) is 0 Å². The first-order valence-electron chi connectivity index (χ1n) is 9.93. The lowest BCUT2D eigenvalue weighted by atomic mass is 10.2. The van der Waals surface area contributed by atoms with E-state index in [4.69, 9.17) is 4.74 Å². The van der Waals surface area contributed by atoms with Crippen LogP contribution >= 0.6 is 0 Å². The molecule has 4 rings (SSSR count). The maximum atomic E-state index is 12.4. The minimum Gasteiger partial charge on any atom is -0.455 e. The Morgan fingerprint density at radius 2 is 1.65 bits per heavy atom. The summed E-state index contributed by atoms with van der Waals surface area (Å²) in [6, 6.07) is 23.7. The van der Waals surface area contributed by atoms with Crippen molar-refractivity contribution in [2.45, 2.75) is 6.42 Å². The number of amides is 1. The maximum Gasteiger partial charge on any atom is 0.248 e. The van der Waals surface area contributed by atoms with Crippen LogP contribution in [0.25, 0.3) is 6.08 Å². The summed E-state index contributed by atoms with van der Waals surface area (Å²) in [7, 11) is -3.20. The van der Waals surface area contributed by atoms with Gasteiger partial charge in [0.25, 0.3) is 0 Å². The Morgan fingerprint density at radius 1 is 0.935 bits per heavy atom. The molecule has 3 aromatic rings. The molecule has 1 aliphatic rings. The molecular weight excluding hydrogens is 412 g/mol. The zero-order valence-corrected chi connectivity index (χ0v) is 17.6. The fraction of sp³-hybridized carbons (Fsp3) is 0.125. The van der Waals surface area contributed by atoms with E-state index in [0.29, 0.717) is 35.8 Å². The molecule has 3 aromatic carbocycles. The van der Waals surface area contributed by atoms with E-state index < -0.39 is 10.0 Å². The number of hydrogen-bond acceptors (Lipinski definition) is 4. The highest BCUT2D eigenvalue weighted by Crippen LogP contribution is 2.29. The average molecular weight is 435 g/mol. The Hall–Kier alpha value is -3.58. The number of anilines is 2. The molecule has 7 heteroatoms. The Kier molecular flexibility index (Phi) is 6.04. The van der Waals surface area contributed by atoms with E-state index in [1.165, 1.54) is 10.4 Å². The highest BCUT2D eigenvalue weighted by molar-refractivity contribution is 7.93. The lowest BCUT2D eigenvalue weighted by Crippen LogP contribution is -2.24. The first-order valence-corrected chi connectivity index (χ1v) is 11.5. The van der Waals surface area contributed by atoms with Crippen LogP contribution in [0.3, 0.4) is 0 Å². The van der Waals surface area contributed by atoms with E-state index >= 15 is 0 Å². The van der Waals surface area contributed by atoms with E-state index in [-0.39, 0.29) is 11.7 Å². The number of nitrogens with zero attached hydrogens (tertiary/aromatic N) is 1. The second kappa shape index (κ2) is 9.06. The smallest absolute Gasteiger partial charge is 0.248 e. The molecule has 31 heavy (non-hydrogen) atoms. The highest BCUT2D eigenvalue weighted by Gasteiger charge is 2.28. The normalized spacial score (nSPS) is 15.2. The molecule has 0 spiro atoms. The highest BCUT2D eigenvalue weighted by atomic mass is 32.2. The van der Waals surface area contributed by atoms with Crippen LogP contribution < -0.4 is 14.4 Å². The van der Waals surface area contributed by atoms with Crippen molar-refractivity contribution < 1.29 is 17.9 Å². The maximum absolute atomic E-state index is 12.4. The molecule has 1 heterocycles. The topological polar surface area (TPSA) is 75.7 Å². The number of sulfonamides is 1. The van der Waals surface area contributed by atoms with Gasteiger partial charge in [-0.05, 0) is 54.5 Å². The van der Waals surface area contributed by atoms with Crippen molar-refractivity contribution in [2.75, 3.05) is 21.9 Å². The van der Waals surface area contributed by atoms with E-state index in [1.807, 2.05) is 42.5 Å². The summed E-state index contributed by atoms with van der Waals surface area (Å²) >= 11 is 0. The lowest BCUT2D eigenvalue weighted by molar-refractivity contribution is -0.111. The minimum absolute atomic E-state index is 0.185. The summed E-state index contributed by atoms with van der Waals surface area (Å²) in [6.45, 7) is 0.504. The second-order valence-electron chi connectivity index (χ2n) is 7.07. The van der Waals surface area contributed by atoms with Gasteiger partial charge in [-0.25, -0.2) is 8.42 Å². The Bertz CT molecular complexity index is 1190. The molecule has 1 aliphatic heterocycles. The third-order valence-electron chi connectivity index (χ3n) is 4.82. The summed E-state index contributed by atoms with van der Waals surface area (Å²) in [5.74, 6) is 1.12. The summed E-state index contributed by atoms with van der Waals surface area (Å²) in [5, 5.41) is 2.83. The monoisotopic (exact) mass is 434 g/mol. The predicted octanol–water partition coefficient (Wildman–Crippen LogP) is 4.67. The Labute approximate surface area is 181 Å². The standard InChI is InChI=1S/C24H22N2O4S/c27-24(25-22-9-4-5-10-23(22)30-21-7-2-1-3-8-21)16-13-19-11-14-20(15-12-19)26-17-6-18-31(26,28)29/h1-5,7-16H,6,17-18H2,(H,25,27)/b16-13+. The fourth-order valence-corrected chi connectivity index (χ4v) is 4.87. The first-order chi connectivity index (χ1) is 15.0. The van der Waals surface area contributed by atoms with Crippen molar-refractivity contribution in [1.82, 2.24) is 0 Å². The van der Waals surface area contributed by atoms with Crippen molar-refractivity contribution in [3.8, 4) is 11.5 Å². The van der Waals surface area contributed by atoms with Gasteiger partial charge in [0.1, 0.15) is 5.75 Å². The van der Waals surface area contributed by atoms with Gasteiger partial charge in [-0.2, -0.15) is 0 Å². The van der Waals surface area contributed by atoms with Crippen molar-refractivity contribution >= 4 is 33.4 Å². The molecule has 6 nitrogen and oxygen atoms in total. The summed E-state index contributed by atoms with van der Waals surface area (Å²) in [6.07, 6.45) is 3.75. The van der Waals surface area contributed by atoms with E-state index in [0.717, 1.165) is 5.56 Å². The van der Waals surface area contributed by atoms with E-state index in [9.17, 15) is 13.2 Å². The molecule has 0 saturated carbocycles. The van der Waals surface area contributed by atoms with Gasteiger partial charge in [-0.15, -0.1) is 0 Å². The lowest BCUT2D eigenvalue weighted by Gasteiger charge is -2.16. The van der Waals surface area contributed by atoms with E-state index in [2.05, 4.69) is 5.32 Å². The number of ether oxygens (including phenoxy) is 1. The minimum atomic E-state index is -3.20. The third kappa shape index (κ3) is 5.13. The zero-order chi connectivity index (χ0) is 21.7. The van der Waals surface area contributed by atoms with Gasteiger partial charge >= 0.3 is 0 Å². The van der Waals surface area contributed by atoms with Gasteiger partial charge in [0.05, 0.1) is 17.1 Å². The molecule has 1 saturated heterocycles. The number of hydrogen-bond donors (Lipinski definition) is 1. The zero-order valence-electron chi connectivity index (χ0n) is 16.8. The summed E-state index contributed by atoms with van der Waals surface area (Å²) in [5.41, 5.74) is 2.01. The van der Waals surface area contributed by atoms with Crippen LogP contribution in [0.15, 0.2) is 84.9 Å². The molecule has 0 aromatic heterocycles. The number of carbonyl (C=O) groups excluding carboxylic acids is 1. The number of carbonyl (C=O) groups is 1. The molecule has 1 fully saturated rings. The number of rotatable bonds is 6. The molecule has 0 bridgehead atoms. The molecule has 1 amide bonds. The van der Waals surface area contributed by atoms with Gasteiger partial charge in [0.2, 0.25) is 15.9 Å². The number of benzene rings is 3. The fourth-order valence-electron chi connectivity index (χ4n) is 3.30. The quantitative estimate of drug-likeness (QED) is 0.572. The van der Waals surface area contributed by atoms with E-state index in [1.54, 1.807) is 42.5 Å². The molecule has 0 atom stereocenters. The van der Waals surface area contributed by atoms with Gasteiger partial charge in [-0.1, -0.05) is 42.5 Å².